The molecule has 0 atom stereocenters. The monoisotopic (exact) mass is 291 g/mol. The van der Waals surface area contributed by atoms with Crippen LogP contribution in [0.25, 0.3) is 0 Å². The summed E-state index contributed by atoms with van der Waals surface area (Å²) in [6.07, 6.45) is 2.17. The van der Waals surface area contributed by atoms with Crippen molar-refractivity contribution in [3.8, 4) is 6.07 Å². The number of hydrogen-bond acceptors (Lipinski definition) is 3. The van der Waals surface area contributed by atoms with E-state index in [1.165, 1.54) is 0 Å². The zero-order valence-electron chi connectivity index (χ0n) is 12.2. The van der Waals surface area contributed by atoms with Crippen LogP contribution in [0.5, 0.6) is 0 Å². The Morgan fingerprint density at radius 3 is 2.55 bits per heavy atom. The first-order chi connectivity index (χ1) is 10.8. The lowest BCUT2D eigenvalue weighted by atomic mass is 10.1. The average molecular weight is 291 g/mol. The average Bonchev–Trinajstić information content (AvgIpc) is 3.37. The van der Waals surface area contributed by atoms with Crippen LogP contribution in [0.4, 0.5) is 5.69 Å². The molecule has 0 aromatic heterocycles. The quantitative estimate of drug-likeness (QED) is 0.889. The molecule has 0 aliphatic heterocycles. The zero-order chi connectivity index (χ0) is 15.4. The van der Waals surface area contributed by atoms with Gasteiger partial charge in [0.2, 0.25) is 0 Å². The van der Waals surface area contributed by atoms with Gasteiger partial charge in [-0.3, -0.25) is 4.79 Å². The Hall–Kier alpha value is -2.80. The summed E-state index contributed by atoms with van der Waals surface area (Å²) in [5, 5.41) is 15.3. The van der Waals surface area contributed by atoms with Gasteiger partial charge in [0.25, 0.3) is 5.91 Å². The van der Waals surface area contributed by atoms with Gasteiger partial charge in [0.1, 0.15) is 0 Å². The molecule has 1 aliphatic carbocycles. The number of carbonyl (C=O) groups excluding carboxylic acids is 1. The van der Waals surface area contributed by atoms with Crippen LogP contribution in [-0.2, 0) is 6.54 Å². The number of carbonyl (C=O) groups is 1. The standard InChI is InChI=1S/C18H17N3O/c19-11-14-3-1-2-4-15(14)12-20-16-7-5-13(6-8-16)18(22)21-17-9-10-17/h1-8,17,20H,9-10,12H2,(H,21,22). The van der Waals surface area contributed by atoms with E-state index in [-0.39, 0.29) is 5.91 Å². The Morgan fingerprint density at radius 2 is 1.86 bits per heavy atom. The SMILES string of the molecule is N#Cc1ccccc1CNc1ccc(C(=O)NC2CC2)cc1. The Balaban J connectivity index is 1.61. The second kappa shape index (κ2) is 6.31. The summed E-state index contributed by atoms with van der Waals surface area (Å²) in [6.45, 7) is 0.581. The van der Waals surface area contributed by atoms with Crippen molar-refractivity contribution >= 4 is 11.6 Å². The van der Waals surface area contributed by atoms with Gasteiger partial charge in [0.15, 0.2) is 0 Å². The molecule has 22 heavy (non-hydrogen) atoms. The van der Waals surface area contributed by atoms with E-state index in [9.17, 15) is 4.79 Å². The molecule has 0 spiro atoms. The van der Waals surface area contributed by atoms with Gasteiger partial charge in [0, 0.05) is 23.8 Å². The van der Waals surface area contributed by atoms with Crippen molar-refractivity contribution in [2.45, 2.75) is 25.4 Å². The molecule has 0 unspecified atom stereocenters. The Morgan fingerprint density at radius 1 is 1.14 bits per heavy atom. The number of nitrogens with one attached hydrogen (secondary N) is 2. The Bertz CT molecular complexity index is 712. The summed E-state index contributed by atoms with van der Waals surface area (Å²) in [5.41, 5.74) is 3.24. The van der Waals surface area contributed by atoms with Gasteiger partial charge < -0.3 is 10.6 Å². The maximum atomic E-state index is 11.9. The fourth-order valence-electron chi connectivity index (χ4n) is 2.22. The van der Waals surface area contributed by atoms with Gasteiger partial charge in [-0.1, -0.05) is 18.2 Å². The van der Waals surface area contributed by atoms with Crippen LogP contribution >= 0.6 is 0 Å². The van der Waals surface area contributed by atoms with Gasteiger partial charge in [-0.25, -0.2) is 0 Å². The highest BCUT2D eigenvalue weighted by molar-refractivity contribution is 5.94. The molecule has 0 bridgehead atoms. The van der Waals surface area contributed by atoms with Crippen LogP contribution in [0, 0.1) is 11.3 Å². The molecular weight excluding hydrogens is 274 g/mol. The third-order valence-corrected chi connectivity index (χ3v) is 3.68. The van der Waals surface area contributed by atoms with Gasteiger partial charge in [-0.15, -0.1) is 0 Å². The molecule has 1 saturated carbocycles. The molecule has 110 valence electrons. The normalized spacial score (nSPS) is 13.2. The van der Waals surface area contributed by atoms with Crippen molar-refractivity contribution < 1.29 is 4.79 Å². The summed E-state index contributed by atoms with van der Waals surface area (Å²) >= 11 is 0. The predicted molar refractivity (Wildman–Crippen MR) is 85.4 cm³/mol. The number of hydrogen-bond donors (Lipinski definition) is 2. The molecule has 2 aromatic carbocycles. The lowest BCUT2D eigenvalue weighted by Gasteiger charge is -2.09. The van der Waals surface area contributed by atoms with E-state index in [4.69, 9.17) is 5.26 Å². The smallest absolute Gasteiger partial charge is 0.251 e. The predicted octanol–water partition coefficient (Wildman–Crippen LogP) is 3.06. The second-order valence-electron chi connectivity index (χ2n) is 5.45. The molecule has 2 N–H and O–H groups in total. The van der Waals surface area contributed by atoms with E-state index in [1.54, 1.807) is 0 Å². The summed E-state index contributed by atoms with van der Waals surface area (Å²) in [6, 6.07) is 17.5. The maximum Gasteiger partial charge on any atom is 0.251 e. The Labute approximate surface area is 129 Å². The fourth-order valence-corrected chi connectivity index (χ4v) is 2.22. The summed E-state index contributed by atoms with van der Waals surface area (Å²) < 4.78 is 0. The number of benzene rings is 2. The third kappa shape index (κ3) is 3.44. The van der Waals surface area contributed by atoms with Crippen LogP contribution in [0.1, 0.15) is 34.3 Å². The summed E-state index contributed by atoms with van der Waals surface area (Å²) in [4.78, 5) is 11.9. The molecular formula is C18H17N3O. The van der Waals surface area contributed by atoms with E-state index in [1.807, 2.05) is 48.5 Å². The molecule has 0 radical (unpaired) electrons. The van der Waals surface area contributed by atoms with Gasteiger partial charge in [0.05, 0.1) is 11.6 Å². The van der Waals surface area contributed by atoms with Crippen LogP contribution in [0.3, 0.4) is 0 Å². The minimum absolute atomic E-state index is 0.0103. The van der Waals surface area contributed by atoms with E-state index in [0.29, 0.717) is 23.7 Å². The lowest BCUT2D eigenvalue weighted by Crippen LogP contribution is -2.25. The minimum Gasteiger partial charge on any atom is -0.381 e. The van der Waals surface area contributed by atoms with Gasteiger partial charge in [-0.05, 0) is 48.7 Å². The number of rotatable bonds is 5. The maximum absolute atomic E-state index is 11.9. The molecule has 4 heteroatoms. The van der Waals surface area contributed by atoms with Crippen LogP contribution in [-0.4, -0.2) is 11.9 Å². The van der Waals surface area contributed by atoms with Crippen LogP contribution in [0.15, 0.2) is 48.5 Å². The topological polar surface area (TPSA) is 64.9 Å². The van der Waals surface area contributed by atoms with Crippen molar-refractivity contribution in [3.05, 3.63) is 65.2 Å². The molecule has 4 nitrogen and oxygen atoms in total. The number of amides is 1. The highest BCUT2D eigenvalue weighted by Gasteiger charge is 2.23. The van der Waals surface area contributed by atoms with Crippen molar-refractivity contribution in [3.63, 3.8) is 0 Å². The largest absolute Gasteiger partial charge is 0.381 e. The third-order valence-electron chi connectivity index (χ3n) is 3.68. The first-order valence-corrected chi connectivity index (χ1v) is 7.39. The number of nitriles is 1. The lowest BCUT2D eigenvalue weighted by molar-refractivity contribution is 0.0951. The van der Waals surface area contributed by atoms with Crippen molar-refractivity contribution in [1.29, 1.82) is 5.26 Å². The van der Waals surface area contributed by atoms with Gasteiger partial charge >= 0.3 is 0 Å². The van der Waals surface area contributed by atoms with E-state index >= 15 is 0 Å². The molecule has 0 heterocycles. The number of nitrogens with zero attached hydrogens (tertiary/aromatic N) is 1. The highest BCUT2D eigenvalue weighted by atomic mass is 16.1. The van der Waals surface area contributed by atoms with Gasteiger partial charge in [-0.2, -0.15) is 5.26 Å². The second-order valence-corrected chi connectivity index (χ2v) is 5.45. The van der Waals surface area contributed by atoms with E-state index in [0.717, 1.165) is 24.1 Å². The molecule has 1 fully saturated rings. The van der Waals surface area contributed by atoms with E-state index < -0.39 is 0 Å². The Kier molecular flexibility index (Phi) is 4.06. The van der Waals surface area contributed by atoms with Crippen LogP contribution < -0.4 is 10.6 Å². The van der Waals surface area contributed by atoms with Crippen molar-refractivity contribution in [2.24, 2.45) is 0 Å². The summed E-state index contributed by atoms with van der Waals surface area (Å²) in [5.74, 6) is -0.0103. The van der Waals surface area contributed by atoms with Crippen molar-refractivity contribution in [1.82, 2.24) is 5.32 Å². The van der Waals surface area contributed by atoms with E-state index in [2.05, 4.69) is 16.7 Å². The zero-order valence-corrected chi connectivity index (χ0v) is 12.2. The first-order valence-electron chi connectivity index (χ1n) is 7.39. The summed E-state index contributed by atoms with van der Waals surface area (Å²) in [7, 11) is 0. The van der Waals surface area contributed by atoms with Crippen molar-refractivity contribution in [2.75, 3.05) is 5.32 Å². The first kappa shape index (κ1) is 14.2. The minimum atomic E-state index is -0.0103. The fraction of sp³-hybridized carbons (Fsp3) is 0.222. The number of anilines is 1. The molecule has 1 aliphatic rings. The highest BCUT2D eigenvalue weighted by Crippen LogP contribution is 2.20. The molecule has 0 saturated heterocycles. The van der Waals surface area contributed by atoms with Crippen LogP contribution in [0.2, 0.25) is 0 Å². The molecule has 2 aromatic rings. The molecule has 3 rings (SSSR count). The molecule has 1 amide bonds.